The SMILES string of the molecule is Cc1ccccc1SCC(=O)c1cc2cccc(Cl)c2o1. The summed E-state index contributed by atoms with van der Waals surface area (Å²) in [4.78, 5) is 13.4. The summed E-state index contributed by atoms with van der Waals surface area (Å²) in [5.74, 6) is 0.678. The number of rotatable bonds is 4. The van der Waals surface area contributed by atoms with Crippen molar-refractivity contribution in [2.75, 3.05) is 5.75 Å². The number of carbonyl (C=O) groups excluding carboxylic acids is 1. The second kappa shape index (κ2) is 5.96. The maximum absolute atomic E-state index is 12.3. The monoisotopic (exact) mass is 316 g/mol. The van der Waals surface area contributed by atoms with Gasteiger partial charge in [0, 0.05) is 10.3 Å². The Balaban J connectivity index is 1.78. The minimum atomic E-state index is -0.0319. The number of ketones is 1. The number of Topliss-reactive ketones (excluding diaryl/α,β-unsaturated/α-hetero) is 1. The number of furan rings is 1. The first kappa shape index (κ1) is 14.2. The van der Waals surface area contributed by atoms with Gasteiger partial charge in [-0.05, 0) is 30.7 Å². The van der Waals surface area contributed by atoms with Crippen molar-refractivity contribution < 1.29 is 9.21 Å². The average Bonchev–Trinajstić information content (AvgIpc) is 2.92. The molecule has 0 N–H and O–H groups in total. The van der Waals surface area contributed by atoms with Crippen LogP contribution >= 0.6 is 23.4 Å². The minimum absolute atomic E-state index is 0.0319. The lowest BCUT2D eigenvalue weighted by Gasteiger charge is -2.03. The van der Waals surface area contributed by atoms with Crippen molar-refractivity contribution >= 4 is 40.1 Å². The van der Waals surface area contributed by atoms with Crippen LogP contribution in [0.15, 0.2) is 57.8 Å². The first-order valence-corrected chi connectivity index (χ1v) is 7.91. The Kier molecular flexibility index (Phi) is 4.04. The van der Waals surface area contributed by atoms with E-state index >= 15 is 0 Å². The zero-order valence-corrected chi connectivity index (χ0v) is 13.0. The summed E-state index contributed by atoms with van der Waals surface area (Å²) in [5.41, 5.74) is 1.74. The van der Waals surface area contributed by atoms with E-state index in [4.69, 9.17) is 16.0 Å². The number of para-hydroxylation sites is 1. The number of thioether (sulfide) groups is 1. The number of hydrogen-bond acceptors (Lipinski definition) is 3. The van der Waals surface area contributed by atoms with Crippen LogP contribution in [0.4, 0.5) is 0 Å². The minimum Gasteiger partial charge on any atom is -0.451 e. The zero-order valence-electron chi connectivity index (χ0n) is 11.4. The lowest BCUT2D eigenvalue weighted by atomic mass is 10.2. The van der Waals surface area contributed by atoms with Gasteiger partial charge in [0.25, 0.3) is 0 Å². The highest BCUT2D eigenvalue weighted by Gasteiger charge is 2.14. The maximum Gasteiger partial charge on any atom is 0.208 e. The molecule has 0 aliphatic heterocycles. The summed E-state index contributed by atoms with van der Waals surface area (Å²) in [5, 5.41) is 1.38. The average molecular weight is 317 g/mol. The topological polar surface area (TPSA) is 30.2 Å². The van der Waals surface area contributed by atoms with E-state index in [0.717, 1.165) is 10.3 Å². The van der Waals surface area contributed by atoms with E-state index in [1.807, 2.05) is 43.3 Å². The second-order valence-corrected chi connectivity index (χ2v) is 6.17. The van der Waals surface area contributed by atoms with E-state index in [0.29, 0.717) is 22.1 Å². The largest absolute Gasteiger partial charge is 0.451 e. The molecule has 0 atom stereocenters. The van der Waals surface area contributed by atoms with Gasteiger partial charge in [0.1, 0.15) is 0 Å². The van der Waals surface area contributed by atoms with E-state index in [1.54, 1.807) is 12.1 Å². The molecule has 0 spiro atoms. The van der Waals surface area contributed by atoms with Crippen LogP contribution in [-0.4, -0.2) is 11.5 Å². The fourth-order valence-corrected chi connectivity index (χ4v) is 3.22. The normalized spacial score (nSPS) is 11.0. The van der Waals surface area contributed by atoms with Crippen molar-refractivity contribution in [3.63, 3.8) is 0 Å². The highest BCUT2D eigenvalue weighted by molar-refractivity contribution is 8.00. The summed E-state index contributed by atoms with van der Waals surface area (Å²) in [6, 6.07) is 15.2. The van der Waals surface area contributed by atoms with Crippen LogP contribution in [0.3, 0.4) is 0 Å². The van der Waals surface area contributed by atoms with Crippen molar-refractivity contribution in [2.45, 2.75) is 11.8 Å². The number of hydrogen-bond donors (Lipinski definition) is 0. The number of carbonyl (C=O) groups is 1. The van der Waals surface area contributed by atoms with Crippen molar-refractivity contribution in [3.05, 3.63) is 64.9 Å². The molecule has 3 rings (SSSR count). The molecule has 0 fully saturated rings. The fourth-order valence-electron chi connectivity index (χ4n) is 2.10. The molecule has 3 aromatic rings. The smallest absolute Gasteiger partial charge is 0.208 e. The predicted molar refractivity (Wildman–Crippen MR) is 87.5 cm³/mol. The van der Waals surface area contributed by atoms with E-state index < -0.39 is 0 Å². The fraction of sp³-hybridized carbons (Fsp3) is 0.118. The highest BCUT2D eigenvalue weighted by atomic mass is 35.5. The van der Waals surface area contributed by atoms with Crippen LogP contribution in [0.25, 0.3) is 11.0 Å². The number of fused-ring (bicyclic) bond motifs is 1. The first-order valence-electron chi connectivity index (χ1n) is 6.55. The summed E-state index contributed by atoms with van der Waals surface area (Å²) in [7, 11) is 0. The second-order valence-electron chi connectivity index (χ2n) is 4.75. The van der Waals surface area contributed by atoms with Gasteiger partial charge in [-0.25, -0.2) is 0 Å². The molecule has 0 aliphatic carbocycles. The van der Waals surface area contributed by atoms with Crippen molar-refractivity contribution in [1.82, 2.24) is 0 Å². The van der Waals surface area contributed by atoms with Crippen LogP contribution in [-0.2, 0) is 0 Å². The predicted octanol–water partition coefficient (Wildman–Crippen LogP) is 5.37. The molecule has 1 heterocycles. The van der Waals surface area contributed by atoms with E-state index in [-0.39, 0.29) is 5.78 Å². The Bertz CT molecular complexity index is 807. The molecular formula is C17H13ClO2S. The number of halogens is 1. The molecule has 0 bridgehead atoms. The Morgan fingerprint density at radius 1 is 1.19 bits per heavy atom. The Hall–Kier alpha value is -1.71. The van der Waals surface area contributed by atoms with Gasteiger partial charge < -0.3 is 4.42 Å². The van der Waals surface area contributed by atoms with Gasteiger partial charge in [-0.1, -0.05) is 41.9 Å². The van der Waals surface area contributed by atoms with Crippen LogP contribution in [0, 0.1) is 6.92 Å². The van der Waals surface area contributed by atoms with Crippen molar-refractivity contribution in [2.24, 2.45) is 0 Å². The first-order chi connectivity index (χ1) is 10.1. The molecule has 2 aromatic carbocycles. The number of aryl methyl sites for hydroxylation is 1. The Morgan fingerprint density at radius 3 is 2.76 bits per heavy atom. The zero-order chi connectivity index (χ0) is 14.8. The van der Waals surface area contributed by atoms with Crippen molar-refractivity contribution in [3.8, 4) is 0 Å². The third-order valence-electron chi connectivity index (χ3n) is 3.22. The third kappa shape index (κ3) is 2.99. The van der Waals surface area contributed by atoms with Crippen LogP contribution in [0.2, 0.25) is 5.02 Å². The number of benzene rings is 2. The highest BCUT2D eigenvalue weighted by Crippen LogP contribution is 2.28. The molecule has 21 heavy (non-hydrogen) atoms. The summed E-state index contributed by atoms with van der Waals surface area (Å²) < 4.78 is 5.58. The maximum atomic E-state index is 12.3. The Morgan fingerprint density at radius 2 is 2.00 bits per heavy atom. The van der Waals surface area contributed by atoms with Gasteiger partial charge in [0.2, 0.25) is 5.78 Å². The van der Waals surface area contributed by atoms with Gasteiger partial charge >= 0.3 is 0 Å². The molecule has 1 aromatic heterocycles. The molecular weight excluding hydrogens is 304 g/mol. The molecule has 106 valence electrons. The van der Waals surface area contributed by atoms with E-state index in [9.17, 15) is 4.79 Å². The van der Waals surface area contributed by atoms with Gasteiger partial charge in [-0.15, -0.1) is 11.8 Å². The van der Waals surface area contributed by atoms with Gasteiger partial charge in [0.05, 0.1) is 10.8 Å². The molecule has 2 nitrogen and oxygen atoms in total. The van der Waals surface area contributed by atoms with E-state index in [2.05, 4.69) is 0 Å². The molecule has 0 saturated carbocycles. The summed E-state index contributed by atoms with van der Waals surface area (Å²) >= 11 is 7.58. The summed E-state index contributed by atoms with van der Waals surface area (Å²) in [6.45, 7) is 2.04. The molecule has 0 aliphatic rings. The molecule has 0 radical (unpaired) electrons. The molecule has 0 saturated heterocycles. The van der Waals surface area contributed by atoms with E-state index in [1.165, 1.54) is 17.3 Å². The lowest BCUT2D eigenvalue weighted by Crippen LogP contribution is -2.00. The Labute approximate surface area is 132 Å². The van der Waals surface area contributed by atoms with Gasteiger partial charge in [-0.2, -0.15) is 0 Å². The quantitative estimate of drug-likeness (QED) is 0.479. The molecule has 4 heteroatoms. The van der Waals surface area contributed by atoms with Crippen LogP contribution in [0.1, 0.15) is 16.1 Å². The van der Waals surface area contributed by atoms with Crippen LogP contribution < -0.4 is 0 Å². The summed E-state index contributed by atoms with van der Waals surface area (Å²) in [6.07, 6.45) is 0. The molecule has 0 amide bonds. The van der Waals surface area contributed by atoms with Gasteiger partial charge in [-0.3, -0.25) is 4.79 Å². The molecule has 0 unspecified atom stereocenters. The lowest BCUT2D eigenvalue weighted by molar-refractivity contribution is 0.0994. The van der Waals surface area contributed by atoms with Crippen LogP contribution in [0.5, 0.6) is 0 Å². The van der Waals surface area contributed by atoms with Gasteiger partial charge in [0.15, 0.2) is 11.3 Å². The standard InChI is InChI=1S/C17H13ClO2S/c1-11-5-2-3-8-16(11)21-10-14(19)15-9-12-6-4-7-13(18)17(12)20-15/h2-9H,10H2,1H3. The van der Waals surface area contributed by atoms with Crippen molar-refractivity contribution in [1.29, 1.82) is 0 Å². The third-order valence-corrected chi connectivity index (χ3v) is 4.70.